The van der Waals surface area contributed by atoms with Crippen LogP contribution in [0.4, 0.5) is 0 Å². The van der Waals surface area contributed by atoms with E-state index in [-0.39, 0.29) is 23.6 Å². The molecule has 1 aromatic carbocycles. The summed E-state index contributed by atoms with van der Waals surface area (Å²) in [5.74, 6) is 0.458. The van der Waals surface area contributed by atoms with Gasteiger partial charge in [0.1, 0.15) is 14.1 Å². The van der Waals surface area contributed by atoms with Gasteiger partial charge < -0.3 is 24.1 Å². The zero-order valence-electron chi connectivity index (χ0n) is 18.0. The van der Waals surface area contributed by atoms with Crippen molar-refractivity contribution in [3.63, 3.8) is 0 Å². The maximum absolute atomic E-state index is 10.1. The number of ether oxygens (including phenoxy) is 4. The second kappa shape index (κ2) is 9.95. The fourth-order valence-corrected chi connectivity index (χ4v) is 2.04. The van der Waals surface area contributed by atoms with Crippen LogP contribution >= 0.6 is 0 Å². The zero-order valence-corrected chi connectivity index (χ0v) is 18.0. The normalized spacial score (nSPS) is 14.4. The Hall–Kier alpha value is -1.79. The second-order valence-electron chi connectivity index (χ2n) is 8.71. The van der Waals surface area contributed by atoms with E-state index in [9.17, 15) is 5.11 Å². The number of benzene rings is 1. The van der Waals surface area contributed by atoms with Crippen molar-refractivity contribution in [2.24, 2.45) is 0 Å². The molecule has 0 amide bonds. The highest BCUT2D eigenvalue weighted by Gasteiger charge is 2.30. The smallest absolute Gasteiger partial charge is 0.323 e. The summed E-state index contributed by atoms with van der Waals surface area (Å²) in [6, 6.07) is 6.87. The van der Waals surface area contributed by atoms with Gasteiger partial charge in [0.25, 0.3) is 0 Å². The van der Waals surface area contributed by atoms with Crippen LogP contribution in [0.15, 0.2) is 24.3 Å². The van der Waals surface area contributed by atoms with Gasteiger partial charge in [-0.3, -0.25) is 0 Å². The summed E-state index contributed by atoms with van der Waals surface area (Å²) >= 11 is 0. The Morgan fingerprint density at radius 3 is 1.93 bits per heavy atom. The second-order valence-corrected chi connectivity index (χ2v) is 8.71. The summed E-state index contributed by atoms with van der Waals surface area (Å²) in [6.45, 7) is 12.5. The summed E-state index contributed by atoms with van der Waals surface area (Å²) in [5.41, 5.74) is -0.648. The lowest BCUT2D eigenvalue weighted by molar-refractivity contribution is -0.469. The number of nitrogens with zero attached hydrogens (tertiary/aromatic N) is 1. The zero-order chi connectivity index (χ0) is 20.7. The Morgan fingerprint density at radius 1 is 0.926 bits per heavy atom. The number of hydrogen-bond acceptors (Lipinski definition) is 5. The Kier molecular flexibility index (Phi) is 8.57. The number of rotatable bonds is 9. The molecule has 27 heavy (non-hydrogen) atoms. The van der Waals surface area contributed by atoms with Crippen molar-refractivity contribution in [1.82, 2.24) is 0 Å². The molecule has 1 N–H and O–H groups in total. The largest absolute Gasteiger partial charge is 0.504 e. The van der Waals surface area contributed by atoms with Crippen molar-refractivity contribution in [2.75, 3.05) is 27.3 Å². The predicted octanol–water partition coefficient (Wildman–Crippen LogP) is 3.46. The molecule has 1 rings (SSSR count). The van der Waals surface area contributed by atoms with Crippen LogP contribution in [-0.2, 0) is 14.2 Å². The van der Waals surface area contributed by atoms with Gasteiger partial charge in [0, 0.05) is 0 Å². The predicted molar refractivity (Wildman–Crippen MR) is 107 cm³/mol. The first-order chi connectivity index (χ1) is 12.4. The first-order valence-electron chi connectivity index (χ1n) is 9.25. The molecule has 0 fully saturated rings. The van der Waals surface area contributed by atoms with E-state index in [1.807, 2.05) is 66.3 Å². The molecule has 0 radical (unpaired) electrons. The first-order valence-corrected chi connectivity index (χ1v) is 9.25. The molecule has 2 atom stereocenters. The number of phenolic OH excluding ortho intramolecular Hbond substituents is 1. The highest BCUT2D eigenvalue weighted by Crippen LogP contribution is 2.27. The van der Waals surface area contributed by atoms with Crippen LogP contribution in [0.2, 0.25) is 0 Å². The quantitative estimate of drug-likeness (QED) is 0.403. The lowest BCUT2D eigenvalue weighted by atomic mass is 10.1. The number of hydrogen-bond donors (Lipinski definition) is 1. The van der Waals surface area contributed by atoms with Crippen molar-refractivity contribution in [1.29, 1.82) is 0 Å². The average Bonchev–Trinajstić information content (AvgIpc) is 2.51. The molecule has 0 aliphatic rings. The molecule has 154 valence electrons. The van der Waals surface area contributed by atoms with E-state index in [4.69, 9.17) is 18.9 Å². The molecule has 0 spiro atoms. The minimum absolute atomic E-state index is 0.0744. The first kappa shape index (κ1) is 23.2. The third-order valence-corrected chi connectivity index (χ3v) is 3.37. The molecular weight excluding hydrogens is 346 g/mol. The molecular formula is C21H36NO5+. The van der Waals surface area contributed by atoms with E-state index < -0.39 is 12.2 Å². The lowest BCUT2D eigenvalue weighted by Crippen LogP contribution is -2.44. The van der Waals surface area contributed by atoms with E-state index in [1.54, 1.807) is 24.6 Å². The van der Waals surface area contributed by atoms with Crippen LogP contribution in [0.25, 0.3) is 0 Å². The average molecular weight is 383 g/mol. The summed E-state index contributed by atoms with van der Waals surface area (Å²) in [5, 5.41) is 10.1. The van der Waals surface area contributed by atoms with E-state index in [0.29, 0.717) is 12.4 Å². The molecule has 6 heteroatoms. The van der Waals surface area contributed by atoms with Gasteiger partial charge in [-0.2, -0.15) is 0 Å². The van der Waals surface area contributed by atoms with Gasteiger partial charge in [-0.05, 0) is 53.7 Å². The van der Waals surface area contributed by atoms with Gasteiger partial charge in [0.15, 0.2) is 23.7 Å². The molecule has 0 aromatic heterocycles. The summed E-state index contributed by atoms with van der Waals surface area (Å²) in [4.78, 5) is 0. The van der Waals surface area contributed by atoms with Crippen molar-refractivity contribution in [3.8, 4) is 11.5 Å². The SMILES string of the molecule is C[N+](C)=CO[C@@H](COC(C)(C)C)[C@@H](COC(C)(C)C)Oc1ccccc1O. The number of aromatic hydroxyl groups is 1. The molecule has 0 aliphatic carbocycles. The van der Waals surface area contributed by atoms with Gasteiger partial charge in [0.2, 0.25) is 0 Å². The standard InChI is InChI=1S/C21H35NO5/c1-20(2,3)25-13-18(24-15-22(7)8)19(14-26-21(4,5)6)27-17-12-10-9-11-16(17)23/h9-12,15,18-19H,13-14H2,1-8H3/p+1/t18-,19+/m0/s1. The lowest BCUT2D eigenvalue weighted by Gasteiger charge is -2.31. The molecule has 0 saturated carbocycles. The van der Waals surface area contributed by atoms with E-state index >= 15 is 0 Å². The third-order valence-electron chi connectivity index (χ3n) is 3.37. The van der Waals surface area contributed by atoms with Gasteiger partial charge in [-0.25, -0.2) is 4.58 Å². The molecule has 0 bridgehead atoms. The van der Waals surface area contributed by atoms with Gasteiger partial charge >= 0.3 is 6.40 Å². The third kappa shape index (κ3) is 10.2. The highest BCUT2D eigenvalue weighted by molar-refractivity contribution is 5.40. The Bertz CT molecular complexity index is 597. The number of phenols is 1. The van der Waals surface area contributed by atoms with Gasteiger partial charge in [-0.1, -0.05) is 12.1 Å². The van der Waals surface area contributed by atoms with Crippen LogP contribution in [-0.4, -0.2) is 66.8 Å². The molecule has 0 unspecified atom stereocenters. The highest BCUT2D eigenvalue weighted by atomic mass is 16.6. The maximum atomic E-state index is 10.1. The monoisotopic (exact) mass is 382 g/mol. The van der Waals surface area contributed by atoms with E-state index in [2.05, 4.69) is 0 Å². The van der Waals surface area contributed by atoms with Gasteiger partial charge in [0.05, 0.1) is 24.4 Å². The fourth-order valence-electron chi connectivity index (χ4n) is 2.04. The Morgan fingerprint density at radius 2 is 1.44 bits per heavy atom. The fraction of sp³-hybridized carbons (Fsp3) is 0.667. The van der Waals surface area contributed by atoms with Crippen LogP contribution in [0.5, 0.6) is 11.5 Å². The van der Waals surface area contributed by atoms with Crippen LogP contribution < -0.4 is 4.74 Å². The Labute approximate surface area is 163 Å². The van der Waals surface area contributed by atoms with Crippen LogP contribution in [0.1, 0.15) is 41.5 Å². The van der Waals surface area contributed by atoms with Gasteiger partial charge in [-0.15, -0.1) is 0 Å². The topological polar surface area (TPSA) is 60.2 Å². The Balaban J connectivity index is 3.05. The summed E-state index contributed by atoms with van der Waals surface area (Å²) < 4.78 is 25.7. The molecule has 0 heterocycles. The molecule has 1 aromatic rings. The van der Waals surface area contributed by atoms with Crippen molar-refractivity contribution in [2.45, 2.75) is 65.0 Å². The number of para-hydroxylation sites is 2. The summed E-state index contributed by atoms with van der Waals surface area (Å²) in [6.07, 6.45) is 0.722. The molecule has 0 saturated heterocycles. The maximum Gasteiger partial charge on any atom is 0.323 e. The van der Waals surface area contributed by atoms with E-state index in [1.165, 1.54) is 0 Å². The van der Waals surface area contributed by atoms with Crippen molar-refractivity contribution in [3.05, 3.63) is 24.3 Å². The minimum Gasteiger partial charge on any atom is -0.504 e. The van der Waals surface area contributed by atoms with Crippen molar-refractivity contribution >= 4 is 6.40 Å². The molecule has 0 aliphatic heterocycles. The van der Waals surface area contributed by atoms with Crippen molar-refractivity contribution < 1.29 is 28.6 Å². The van der Waals surface area contributed by atoms with Crippen LogP contribution in [0, 0.1) is 0 Å². The minimum atomic E-state index is -0.476. The summed E-state index contributed by atoms with van der Waals surface area (Å²) in [7, 11) is 3.76. The van der Waals surface area contributed by atoms with E-state index in [0.717, 1.165) is 0 Å². The van der Waals surface area contributed by atoms with Crippen LogP contribution in [0.3, 0.4) is 0 Å². The molecule has 6 nitrogen and oxygen atoms in total.